The average Bonchev–Trinajstić information content (AvgIpc) is 2.51. The fourth-order valence-corrected chi connectivity index (χ4v) is 2.66. The molecule has 1 N–H and O–H groups in total. The topological polar surface area (TPSA) is 46.5 Å². The van der Waals surface area contributed by atoms with Gasteiger partial charge in [0.15, 0.2) is 6.10 Å². The number of para-hydroxylation sites is 1. The quantitative estimate of drug-likeness (QED) is 0.822. The first-order valence-electron chi connectivity index (χ1n) is 7.62. The fraction of sp³-hybridized carbons (Fsp3) is 0.316. The smallest absolute Gasteiger partial charge is 0.345 e. The van der Waals surface area contributed by atoms with Crippen molar-refractivity contribution >= 4 is 17.6 Å². The van der Waals surface area contributed by atoms with Crippen LogP contribution in [-0.4, -0.2) is 17.2 Å². The highest BCUT2D eigenvalue weighted by molar-refractivity contribution is 6.31. The molecule has 0 aliphatic heterocycles. The van der Waals surface area contributed by atoms with Crippen molar-refractivity contribution in [3.05, 3.63) is 64.2 Å². The monoisotopic (exact) mass is 332 g/mol. The van der Waals surface area contributed by atoms with Crippen LogP contribution in [0.5, 0.6) is 5.75 Å². The number of carboxylic acid groups (broad SMARTS) is 1. The molecule has 0 saturated carbocycles. The SMILES string of the molecule is Cc1c(Cl)cccc1CC(Oc1ccccc1C(C)C)C(=O)O. The highest BCUT2D eigenvalue weighted by Crippen LogP contribution is 2.28. The summed E-state index contributed by atoms with van der Waals surface area (Å²) in [6.45, 7) is 6.00. The maximum Gasteiger partial charge on any atom is 0.345 e. The first-order chi connectivity index (χ1) is 10.9. The summed E-state index contributed by atoms with van der Waals surface area (Å²) in [5.41, 5.74) is 2.77. The Morgan fingerprint density at radius 3 is 2.52 bits per heavy atom. The molecule has 1 atom stereocenters. The van der Waals surface area contributed by atoms with Crippen LogP contribution in [0.2, 0.25) is 5.02 Å². The minimum absolute atomic E-state index is 0.258. The van der Waals surface area contributed by atoms with E-state index in [-0.39, 0.29) is 12.3 Å². The first-order valence-corrected chi connectivity index (χ1v) is 8.00. The third-order valence-corrected chi connectivity index (χ3v) is 4.28. The summed E-state index contributed by atoms with van der Waals surface area (Å²) in [6.07, 6.45) is -0.680. The van der Waals surface area contributed by atoms with Gasteiger partial charge in [0.05, 0.1) is 0 Å². The Morgan fingerprint density at radius 1 is 1.17 bits per heavy atom. The summed E-state index contributed by atoms with van der Waals surface area (Å²) >= 11 is 6.12. The second kappa shape index (κ2) is 7.51. The summed E-state index contributed by atoms with van der Waals surface area (Å²) in [5, 5.41) is 10.2. The third-order valence-electron chi connectivity index (χ3n) is 3.87. The van der Waals surface area contributed by atoms with Gasteiger partial charge >= 0.3 is 5.97 Å². The van der Waals surface area contributed by atoms with Gasteiger partial charge in [0.25, 0.3) is 0 Å². The summed E-state index contributed by atoms with van der Waals surface area (Å²) in [5.74, 6) is -0.105. The Kier molecular flexibility index (Phi) is 5.67. The lowest BCUT2D eigenvalue weighted by Crippen LogP contribution is -2.30. The molecule has 2 rings (SSSR count). The molecule has 0 saturated heterocycles. The standard InChI is InChI=1S/C19H21ClO3/c1-12(2)15-8-4-5-10-17(15)23-18(19(21)22)11-14-7-6-9-16(20)13(14)3/h4-10,12,18H,11H2,1-3H3,(H,21,22). The molecule has 0 aliphatic rings. The Morgan fingerprint density at radius 2 is 1.87 bits per heavy atom. The molecule has 0 fully saturated rings. The van der Waals surface area contributed by atoms with Crippen LogP contribution in [0.15, 0.2) is 42.5 Å². The van der Waals surface area contributed by atoms with Crippen LogP contribution >= 0.6 is 11.6 Å². The molecule has 0 amide bonds. The molecule has 0 bridgehead atoms. The minimum Gasteiger partial charge on any atom is -0.478 e. The Bertz CT molecular complexity index is 695. The van der Waals surface area contributed by atoms with E-state index in [1.807, 2.05) is 43.3 Å². The Labute approximate surface area is 141 Å². The molecule has 0 spiro atoms. The number of aliphatic carboxylic acids is 1. The number of benzene rings is 2. The highest BCUT2D eigenvalue weighted by atomic mass is 35.5. The second-order valence-electron chi connectivity index (χ2n) is 5.87. The van der Waals surface area contributed by atoms with Crippen LogP contribution in [0.3, 0.4) is 0 Å². The van der Waals surface area contributed by atoms with Crippen LogP contribution in [0.1, 0.15) is 36.5 Å². The van der Waals surface area contributed by atoms with E-state index in [0.717, 1.165) is 16.7 Å². The maximum atomic E-state index is 11.6. The molecule has 23 heavy (non-hydrogen) atoms. The van der Waals surface area contributed by atoms with Gasteiger partial charge in [-0.15, -0.1) is 0 Å². The molecule has 1 unspecified atom stereocenters. The van der Waals surface area contributed by atoms with Gasteiger partial charge in [0.2, 0.25) is 0 Å². The minimum atomic E-state index is -0.983. The van der Waals surface area contributed by atoms with E-state index in [9.17, 15) is 9.90 Å². The molecule has 0 aromatic heterocycles. The average molecular weight is 333 g/mol. The third kappa shape index (κ3) is 4.26. The fourth-order valence-electron chi connectivity index (χ4n) is 2.47. The van der Waals surface area contributed by atoms with Crippen molar-refractivity contribution in [3.8, 4) is 5.75 Å². The van der Waals surface area contributed by atoms with Crippen molar-refractivity contribution in [2.75, 3.05) is 0 Å². The maximum absolute atomic E-state index is 11.6. The van der Waals surface area contributed by atoms with Crippen molar-refractivity contribution in [3.63, 3.8) is 0 Å². The highest BCUT2D eigenvalue weighted by Gasteiger charge is 2.23. The molecular weight excluding hydrogens is 312 g/mol. The Hall–Kier alpha value is -2.00. The van der Waals surface area contributed by atoms with Gasteiger partial charge in [-0.1, -0.05) is 55.8 Å². The van der Waals surface area contributed by atoms with Crippen molar-refractivity contribution in [1.29, 1.82) is 0 Å². The zero-order valence-electron chi connectivity index (χ0n) is 13.5. The summed E-state index contributed by atoms with van der Waals surface area (Å²) in [7, 11) is 0. The summed E-state index contributed by atoms with van der Waals surface area (Å²) in [6, 6.07) is 13.1. The van der Waals surface area contributed by atoms with Crippen LogP contribution in [0, 0.1) is 6.92 Å². The molecule has 0 heterocycles. The van der Waals surface area contributed by atoms with Gasteiger partial charge in [-0.25, -0.2) is 4.79 Å². The molecule has 3 nitrogen and oxygen atoms in total. The van der Waals surface area contributed by atoms with E-state index < -0.39 is 12.1 Å². The van der Waals surface area contributed by atoms with E-state index in [1.165, 1.54) is 0 Å². The lowest BCUT2D eigenvalue weighted by molar-refractivity contribution is -0.145. The van der Waals surface area contributed by atoms with Gasteiger partial charge in [-0.05, 0) is 41.7 Å². The van der Waals surface area contributed by atoms with E-state index in [4.69, 9.17) is 16.3 Å². The molecule has 2 aromatic carbocycles. The number of hydrogen-bond donors (Lipinski definition) is 1. The van der Waals surface area contributed by atoms with Crippen LogP contribution in [0.25, 0.3) is 0 Å². The van der Waals surface area contributed by atoms with Crippen LogP contribution in [-0.2, 0) is 11.2 Å². The predicted octanol–water partition coefficient (Wildman–Crippen LogP) is 4.85. The zero-order chi connectivity index (χ0) is 17.0. The molecule has 2 aromatic rings. The van der Waals surface area contributed by atoms with E-state index in [0.29, 0.717) is 10.8 Å². The number of halogens is 1. The van der Waals surface area contributed by atoms with Crippen molar-refractivity contribution in [2.45, 2.75) is 39.2 Å². The number of carboxylic acids is 1. The van der Waals surface area contributed by atoms with Crippen molar-refractivity contribution < 1.29 is 14.6 Å². The number of hydrogen-bond acceptors (Lipinski definition) is 2. The zero-order valence-corrected chi connectivity index (χ0v) is 14.3. The number of carbonyl (C=O) groups is 1. The second-order valence-corrected chi connectivity index (χ2v) is 6.27. The van der Waals surface area contributed by atoms with E-state index in [1.54, 1.807) is 6.07 Å². The van der Waals surface area contributed by atoms with Gasteiger partial charge in [-0.3, -0.25) is 0 Å². The van der Waals surface area contributed by atoms with Crippen molar-refractivity contribution in [1.82, 2.24) is 0 Å². The summed E-state index contributed by atoms with van der Waals surface area (Å²) < 4.78 is 5.82. The normalized spacial score (nSPS) is 12.2. The number of rotatable bonds is 6. The summed E-state index contributed by atoms with van der Waals surface area (Å²) in [4.78, 5) is 11.6. The molecule has 4 heteroatoms. The lowest BCUT2D eigenvalue weighted by atomic mass is 10.0. The van der Waals surface area contributed by atoms with Gasteiger partial charge in [0.1, 0.15) is 5.75 Å². The molecule has 0 aliphatic carbocycles. The van der Waals surface area contributed by atoms with Gasteiger partial charge < -0.3 is 9.84 Å². The van der Waals surface area contributed by atoms with Gasteiger partial charge in [-0.2, -0.15) is 0 Å². The van der Waals surface area contributed by atoms with E-state index >= 15 is 0 Å². The molecular formula is C19H21ClO3. The largest absolute Gasteiger partial charge is 0.478 e. The van der Waals surface area contributed by atoms with Crippen LogP contribution in [0.4, 0.5) is 0 Å². The first kappa shape index (κ1) is 17.4. The van der Waals surface area contributed by atoms with Crippen molar-refractivity contribution in [2.24, 2.45) is 0 Å². The molecule has 122 valence electrons. The lowest BCUT2D eigenvalue weighted by Gasteiger charge is -2.20. The van der Waals surface area contributed by atoms with Crippen LogP contribution < -0.4 is 4.74 Å². The van der Waals surface area contributed by atoms with E-state index in [2.05, 4.69) is 13.8 Å². The van der Waals surface area contributed by atoms with Gasteiger partial charge in [0, 0.05) is 11.4 Å². The predicted molar refractivity (Wildman–Crippen MR) is 92.5 cm³/mol. The molecule has 0 radical (unpaired) electrons. The number of ether oxygens (including phenoxy) is 1. The Balaban J connectivity index is 2.27.